The quantitative estimate of drug-likeness (QED) is 0.814. The van der Waals surface area contributed by atoms with E-state index in [9.17, 15) is 4.79 Å². The molecule has 1 fully saturated rings. The van der Waals surface area contributed by atoms with Crippen LogP contribution in [0.5, 0.6) is 0 Å². The molecule has 2 rings (SSSR count). The first-order chi connectivity index (χ1) is 8.69. The number of amides is 1. The molecule has 6 heteroatoms. The number of nitrogens with one attached hydrogen (secondary N) is 2. The Morgan fingerprint density at radius 3 is 3.11 bits per heavy atom. The van der Waals surface area contributed by atoms with E-state index < -0.39 is 0 Å². The minimum atomic E-state index is -0.136. The monoisotopic (exact) mass is 269 g/mol. The Balaban J connectivity index is 1.97. The van der Waals surface area contributed by atoms with Crippen LogP contribution in [0.3, 0.4) is 0 Å². The summed E-state index contributed by atoms with van der Waals surface area (Å²) in [7, 11) is 1.73. The van der Waals surface area contributed by atoms with Crippen LogP contribution in [-0.4, -0.2) is 37.7 Å². The van der Waals surface area contributed by atoms with Crippen molar-refractivity contribution in [1.29, 1.82) is 0 Å². The van der Waals surface area contributed by atoms with Gasteiger partial charge in [-0.2, -0.15) is 0 Å². The third-order valence-electron chi connectivity index (χ3n) is 2.89. The molecule has 0 radical (unpaired) electrons. The molecule has 1 amide bonds. The van der Waals surface area contributed by atoms with E-state index in [1.54, 1.807) is 19.2 Å². The summed E-state index contributed by atoms with van der Waals surface area (Å²) in [6, 6.07) is 3.23. The third-order valence-corrected chi connectivity index (χ3v) is 3.08. The molecule has 0 saturated carbocycles. The minimum absolute atomic E-state index is 0.136. The van der Waals surface area contributed by atoms with Gasteiger partial charge in [0.05, 0.1) is 6.61 Å². The van der Waals surface area contributed by atoms with E-state index in [1.165, 1.54) is 0 Å². The average Bonchev–Trinajstić information content (AvgIpc) is 2.88. The molecule has 1 unspecified atom stereocenters. The van der Waals surface area contributed by atoms with Crippen molar-refractivity contribution in [2.24, 2.45) is 5.92 Å². The Labute approximate surface area is 111 Å². The molecule has 18 heavy (non-hydrogen) atoms. The molecule has 0 spiro atoms. The Kier molecular flexibility index (Phi) is 4.38. The smallest absolute Gasteiger partial charge is 0.251 e. The molecule has 5 nitrogen and oxygen atoms in total. The van der Waals surface area contributed by atoms with Gasteiger partial charge < -0.3 is 15.4 Å². The van der Waals surface area contributed by atoms with Gasteiger partial charge in [-0.05, 0) is 18.6 Å². The van der Waals surface area contributed by atoms with Crippen LogP contribution in [0, 0.1) is 5.92 Å². The van der Waals surface area contributed by atoms with E-state index >= 15 is 0 Å². The van der Waals surface area contributed by atoms with Crippen molar-refractivity contribution in [3.05, 3.63) is 22.8 Å². The molecule has 0 bridgehead atoms. The van der Waals surface area contributed by atoms with Crippen LogP contribution in [0.4, 0.5) is 5.82 Å². The van der Waals surface area contributed by atoms with Crippen LogP contribution in [0.1, 0.15) is 16.8 Å². The largest absolute Gasteiger partial charge is 0.381 e. The maximum absolute atomic E-state index is 12.0. The van der Waals surface area contributed by atoms with E-state index in [0.29, 0.717) is 29.0 Å². The Bertz CT molecular complexity index is 433. The summed E-state index contributed by atoms with van der Waals surface area (Å²) < 4.78 is 5.26. The van der Waals surface area contributed by atoms with Crippen molar-refractivity contribution in [2.45, 2.75) is 6.42 Å². The van der Waals surface area contributed by atoms with Crippen LogP contribution in [0.25, 0.3) is 0 Å². The van der Waals surface area contributed by atoms with E-state index in [-0.39, 0.29) is 5.91 Å². The molecular weight excluding hydrogens is 254 g/mol. The minimum Gasteiger partial charge on any atom is -0.381 e. The van der Waals surface area contributed by atoms with Crippen molar-refractivity contribution >= 4 is 23.3 Å². The number of pyridine rings is 1. The highest BCUT2D eigenvalue weighted by atomic mass is 35.5. The van der Waals surface area contributed by atoms with Gasteiger partial charge in [-0.1, -0.05) is 11.6 Å². The van der Waals surface area contributed by atoms with Gasteiger partial charge in [0.2, 0.25) is 0 Å². The molecular formula is C12H16ClN3O2. The number of halogens is 1. The topological polar surface area (TPSA) is 63.2 Å². The molecule has 1 aromatic rings. The van der Waals surface area contributed by atoms with Crippen molar-refractivity contribution in [3.8, 4) is 0 Å². The number of rotatable bonds is 4. The number of anilines is 1. The van der Waals surface area contributed by atoms with Crippen LogP contribution >= 0.6 is 11.6 Å². The highest BCUT2D eigenvalue weighted by Crippen LogP contribution is 2.15. The number of aromatic nitrogens is 1. The van der Waals surface area contributed by atoms with Gasteiger partial charge in [-0.3, -0.25) is 4.79 Å². The lowest BCUT2D eigenvalue weighted by Gasteiger charge is -2.10. The van der Waals surface area contributed by atoms with Gasteiger partial charge in [0.25, 0.3) is 5.91 Å². The van der Waals surface area contributed by atoms with Crippen LogP contribution in [0.2, 0.25) is 5.15 Å². The van der Waals surface area contributed by atoms with Gasteiger partial charge >= 0.3 is 0 Å². The Hall–Kier alpha value is -1.33. The summed E-state index contributed by atoms with van der Waals surface area (Å²) in [6.07, 6.45) is 0.999. The summed E-state index contributed by atoms with van der Waals surface area (Å²) in [5.74, 6) is 0.856. The molecule has 0 aromatic carbocycles. The number of carbonyl (C=O) groups is 1. The highest BCUT2D eigenvalue weighted by Gasteiger charge is 2.17. The zero-order valence-electron chi connectivity index (χ0n) is 10.2. The van der Waals surface area contributed by atoms with Crippen molar-refractivity contribution in [1.82, 2.24) is 10.3 Å². The predicted molar refractivity (Wildman–Crippen MR) is 70.1 cm³/mol. The maximum atomic E-state index is 12.0. The van der Waals surface area contributed by atoms with Gasteiger partial charge in [-0.15, -0.1) is 0 Å². The second kappa shape index (κ2) is 6.02. The SMILES string of the molecule is CNc1cc(C(=O)NCC2CCOC2)cc(Cl)n1. The Morgan fingerprint density at radius 1 is 1.61 bits per heavy atom. The van der Waals surface area contributed by atoms with E-state index in [2.05, 4.69) is 15.6 Å². The fourth-order valence-corrected chi connectivity index (χ4v) is 2.05. The van der Waals surface area contributed by atoms with Crippen molar-refractivity contribution < 1.29 is 9.53 Å². The molecule has 2 heterocycles. The number of nitrogens with zero attached hydrogens (tertiary/aromatic N) is 1. The fourth-order valence-electron chi connectivity index (χ4n) is 1.84. The average molecular weight is 270 g/mol. The van der Waals surface area contributed by atoms with Crippen LogP contribution in [0.15, 0.2) is 12.1 Å². The van der Waals surface area contributed by atoms with E-state index in [0.717, 1.165) is 19.6 Å². The molecule has 1 aliphatic rings. The maximum Gasteiger partial charge on any atom is 0.251 e. The molecule has 2 N–H and O–H groups in total. The first-order valence-electron chi connectivity index (χ1n) is 5.90. The van der Waals surface area contributed by atoms with Gasteiger partial charge in [-0.25, -0.2) is 4.98 Å². The lowest BCUT2D eigenvalue weighted by Crippen LogP contribution is -2.29. The second-order valence-electron chi connectivity index (χ2n) is 4.25. The standard InChI is InChI=1S/C12H16ClN3O2/c1-14-11-5-9(4-10(13)16-11)12(17)15-6-8-2-3-18-7-8/h4-5,8H,2-3,6-7H2,1H3,(H,14,16)(H,15,17). The lowest BCUT2D eigenvalue weighted by atomic mass is 10.1. The number of hydrogen-bond donors (Lipinski definition) is 2. The van der Waals surface area contributed by atoms with Crippen LogP contribution in [-0.2, 0) is 4.74 Å². The molecule has 1 aliphatic heterocycles. The summed E-state index contributed by atoms with van der Waals surface area (Å²) in [5, 5.41) is 6.05. The molecule has 0 aliphatic carbocycles. The second-order valence-corrected chi connectivity index (χ2v) is 4.64. The van der Waals surface area contributed by atoms with E-state index in [1.807, 2.05) is 0 Å². The molecule has 1 saturated heterocycles. The highest BCUT2D eigenvalue weighted by molar-refractivity contribution is 6.29. The third kappa shape index (κ3) is 3.34. The summed E-state index contributed by atoms with van der Waals surface area (Å²) in [6.45, 7) is 2.14. The molecule has 98 valence electrons. The van der Waals surface area contributed by atoms with Crippen molar-refractivity contribution in [2.75, 3.05) is 32.1 Å². The number of carbonyl (C=O) groups excluding carboxylic acids is 1. The van der Waals surface area contributed by atoms with Crippen LogP contribution < -0.4 is 10.6 Å². The van der Waals surface area contributed by atoms with Gasteiger partial charge in [0, 0.05) is 31.7 Å². The summed E-state index contributed by atoms with van der Waals surface area (Å²) in [5.41, 5.74) is 0.512. The number of ether oxygens (including phenoxy) is 1. The zero-order chi connectivity index (χ0) is 13.0. The summed E-state index contributed by atoms with van der Waals surface area (Å²) in [4.78, 5) is 16.0. The predicted octanol–water partition coefficient (Wildman–Crippen LogP) is 1.54. The normalized spacial score (nSPS) is 18.7. The Morgan fingerprint density at radius 2 is 2.44 bits per heavy atom. The van der Waals surface area contributed by atoms with E-state index in [4.69, 9.17) is 16.3 Å². The summed E-state index contributed by atoms with van der Waals surface area (Å²) >= 11 is 5.85. The first kappa shape index (κ1) is 13.1. The fraction of sp³-hybridized carbons (Fsp3) is 0.500. The van der Waals surface area contributed by atoms with Gasteiger partial charge in [0.15, 0.2) is 0 Å². The van der Waals surface area contributed by atoms with Crippen molar-refractivity contribution in [3.63, 3.8) is 0 Å². The lowest BCUT2D eigenvalue weighted by molar-refractivity contribution is 0.0945. The molecule has 1 atom stereocenters. The number of hydrogen-bond acceptors (Lipinski definition) is 4. The zero-order valence-corrected chi connectivity index (χ0v) is 11.0. The first-order valence-corrected chi connectivity index (χ1v) is 6.28. The molecule has 1 aromatic heterocycles. The van der Waals surface area contributed by atoms with Gasteiger partial charge in [0.1, 0.15) is 11.0 Å².